The van der Waals surface area contributed by atoms with Gasteiger partial charge in [0.2, 0.25) is 5.88 Å². The highest BCUT2D eigenvalue weighted by Crippen LogP contribution is 2.21. The van der Waals surface area contributed by atoms with Gasteiger partial charge in [0.25, 0.3) is 0 Å². The van der Waals surface area contributed by atoms with Crippen molar-refractivity contribution < 1.29 is 14.3 Å². The number of H-pyrrole nitrogens is 1. The van der Waals surface area contributed by atoms with Crippen LogP contribution in [-0.2, 0) is 0 Å². The van der Waals surface area contributed by atoms with Crippen LogP contribution in [0.15, 0.2) is 67.1 Å². The molecule has 2 amide bonds. The molecule has 4 aromatic rings. The molecule has 0 atom stereocenters. The van der Waals surface area contributed by atoms with Gasteiger partial charge in [0.15, 0.2) is 5.78 Å². The minimum atomic E-state index is -0.446. The summed E-state index contributed by atoms with van der Waals surface area (Å²) in [6.45, 7) is 0. The van der Waals surface area contributed by atoms with Gasteiger partial charge in [0.1, 0.15) is 5.65 Å². The van der Waals surface area contributed by atoms with Crippen molar-refractivity contribution in [3.8, 4) is 5.88 Å². The van der Waals surface area contributed by atoms with Crippen molar-refractivity contribution in [1.82, 2.24) is 15.0 Å². The SMILES string of the molecule is COc1ccc(NC(=O)Nc2cccc(C(=O)c3c[nH]c4ncccc34)c2)cn1. The first-order valence-electron chi connectivity index (χ1n) is 8.79. The zero-order valence-electron chi connectivity index (χ0n) is 15.5. The quantitative estimate of drug-likeness (QED) is 0.451. The number of urea groups is 1. The zero-order chi connectivity index (χ0) is 20.2. The second-order valence-electron chi connectivity index (χ2n) is 6.18. The van der Waals surface area contributed by atoms with Crippen LogP contribution in [0.25, 0.3) is 11.0 Å². The minimum absolute atomic E-state index is 0.160. The number of fused-ring (bicyclic) bond motifs is 1. The largest absolute Gasteiger partial charge is 0.481 e. The van der Waals surface area contributed by atoms with E-state index in [4.69, 9.17) is 4.74 Å². The monoisotopic (exact) mass is 387 g/mol. The van der Waals surface area contributed by atoms with Crippen molar-refractivity contribution >= 4 is 34.2 Å². The van der Waals surface area contributed by atoms with E-state index in [0.717, 1.165) is 5.39 Å². The van der Waals surface area contributed by atoms with Crippen LogP contribution in [0.2, 0.25) is 0 Å². The second-order valence-corrected chi connectivity index (χ2v) is 6.18. The average Bonchev–Trinajstić information content (AvgIpc) is 3.18. The van der Waals surface area contributed by atoms with E-state index in [-0.39, 0.29) is 5.78 Å². The summed E-state index contributed by atoms with van der Waals surface area (Å²) in [4.78, 5) is 36.4. The first-order chi connectivity index (χ1) is 14.1. The van der Waals surface area contributed by atoms with Crippen molar-refractivity contribution in [2.75, 3.05) is 17.7 Å². The van der Waals surface area contributed by atoms with Crippen molar-refractivity contribution in [2.24, 2.45) is 0 Å². The number of amides is 2. The van der Waals surface area contributed by atoms with E-state index in [1.54, 1.807) is 54.9 Å². The van der Waals surface area contributed by atoms with E-state index in [2.05, 4.69) is 25.6 Å². The van der Waals surface area contributed by atoms with Crippen LogP contribution in [0.3, 0.4) is 0 Å². The number of aromatic nitrogens is 3. The number of carbonyl (C=O) groups is 2. The van der Waals surface area contributed by atoms with Gasteiger partial charge in [-0.1, -0.05) is 12.1 Å². The highest BCUT2D eigenvalue weighted by atomic mass is 16.5. The fourth-order valence-electron chi connectivity index (χ4n) is 2.91. The highest BCUT2D eigenvalue weighted by Gasteiger charge is 2.15. The molecule has 29 heavy (non-hydrogen) atoms. The third kappa shape index (κ3) is 3.91. The van der Waals surface area contributed by atoms with Crippen LogP contribution in [0.5, 0.6) is 5.88 Å². The van der Waals surface area contributed by atoms with Gasteiger partial charge in [0, 0.05) is 40.7 Å². The number of hydrogen-bond donors (Lipinski definition) is 3. The van der Waals surface area contributed by atoms with E-state index < -0.39 is 6.03 Å². The van der Waals surface area contributed by atoms with Crippen molar-refractivity contribution in [2.45, 2.75) is 0 Å². The molecule has 4 rings (SSSR count). The van der Waals surface area contributed by atoms with Crippen molar-refractivity contribution in [3.63, 3.8) is 0 Å². The van der Waals surface area contributed by atoms with E-state index in [1.165, 1.54) is 13.3 Å². The summed E-state index contributed by atoms with van der Waals surface area (Å²) >= 11 is 0. The Bertz CT molecular complexity index is 1180. The summed E-state index contributed by atoms with van der Waals surface area (Å²) in [7, 11) is 1.52. The van der Waals surface area contributed by atoms with Crippen molar-refractivity contribution in [3.05, 3.63) is 78.2 Å². The number of pyridine rings is 2. The van der Waals surface area contributed by atoms with Crippen LogP contribution in [0, 0.1) is 0 Å². The first kappa shape index (κ1) is 18.2. The number of ketones is 1. The molecule has 0 aliphatic carbocycles. The number of hydrogen-bond acceptors (Lipinski definition) is 5. The fraction of sp³-hybridized carbons (Fsp3) is 0.0476. The predicted molar refractivity (Wildman–Crippen MR) is 109 cm³/mol. The number of aromatic amines is 1. The fourth-order valence-corrected chi connectivity index (χ4v) is 2.91. The Balaban J connectivity index is 1.49. The lowest BCUT2D eigenvalue weighted by molar-refractivity contribution is 0.104. The summed E-state index contributed by atoms with van der Waals surface area (Å²) in [5.41, 5.74) is 2.64. The molecule has 3 N–H and O–H groups in total. The summed E-state index contributed by atoms with van der Waals surface area (Å²) in [5, 5.41) is 6.14. The molecule has 1 aromatic carbocycles. The Morgan fingerprint density at radius 3 is 2.66 bits per heavy atom. The second kappa shape index (κ2) is 7.81. The maximum atomic E-state index is 12.9. The number of anilines is 2. The van der Waals surface area contributed by atoms with Gasteiger partial charge >= 0.3 is 6.03 Å². The molecule has 144 valence electrons. The van der Waals surface area contributed by atoms with Gasteiger partial charge < -0.3 is 20.4 Å². The summed E-state index contributed by atoms with van der Waals surface area (Å²) in [6.07, 6.45) is 4.79. The summed E-state index contributed by atoms with van der Waals surface area (Å²) in [5.74, 6) is 0.294. The Hall–Kier alpha value is -4.20. The lowest BCUT2D eigenvalue weighted by Crippen LogP contribution is -2.19. The molecule has 0 saturated carbocycles. The predicted octanol–water partition coefficient (Wildman–Crippen LogP) is 3.84. The maximum absolute atomic E-state index is 12.9. The molecule has 0 bridgehead atoms. The standard InChI is InChI=1S/C21H17N5O3/c1-29-18-8-7-15(11-23-18)26-21(28)25-14-5-2-4-13(10-14)19(27)17-12-24-20-16(17)6-3-9-22-20/h2-12H,1H3,(H,22,24)(H2,25,26,28). The molecule has 0 aliphatic heterocycles. The lowest BCUT2D eigenvalue weighted by atomic mass is 10.0. The van der Waals surface area contributed by atoms with Gasteiger partial charge in [-0.15, -0.1) is 0 Å². The number of nitrogens with one attached hydrogen (secondary N) is 3. The number of nitrogens with zero attached hydrogens (tertiary/aromatic N) is 2. The molecule has 3 heterocycles. The zero-order valence-corrected chi connectivity index (χ0v) is 15.5. The van der Waals surface area contributed by atoms with Crippen LogP contribution >= 0.6 is 0 Å². The van der Waals surface area contributed by atoms with E-state index in [0.29, 0.717) is 34.0 Å². The molecule has 0 spiro atoms. The average molecular weight is 387 g/mol. The van der Waals surface area contributed by atoms with Crippen LogP contribution in [0.1, 0.15) is 15.9 Å². The van der Waals surface area contributed by atoms with E-state index in [1.807, 2.05) is 6.07 Å². The smallest absolute Gasteiger partial charge is 0.323 e. The maximum Gasteiger partial charge on any atom is 0.323 e. The van der Waals surface area contributed by atoms with Gasteiger partial charge in [-0.25, -0.2) is 14.8 Å². The van der Waals surface area contributed by atoms with Gasteiger partial charge in [-0.05, 0) is 30.3 Å². The molecular weight excluding hydrogens is 370 g/mol. The molecular formula is C21H17N5O3. The third-order valence-electron chi connectivity index (χ3n) is 4.28. The van der Waals surface area contributed by atoms with Crippen LogP contribution in [-0.4, -0.2) is 33.9 Å². The summed E-state index contributed by atoms with van der Waals surface area (Å²) < 4.78 is 4.99. The Labute approximate surface area is 166 Å². The van der Waals surface area contributed by atoms with Gasteiger partial charge in [0.05, 0.1) is 19.0 Å². The van der Waals surface area contributed by atoms with E-state index in [9.17, 15) is 9.59 Å². The number of carbonyl (C=O) groups excluding carboxylic acids is 2. The van der Waals surface area contributed by atoms with Gasteiger partial charge in [-0.2, -0.15) is 0 Å². The molecule has 0 saturated heterocycles. The van der Waals surface area contributed by atoms with Crippen LogP contribution in [0.4, 0.5) is 16.2 Å². The van der Waals surface area contributed by atoms with E-state index >= 15 is 0 Å². The molecule has 8 heteroatoms. The van der Waals surface area contributed by atoms with Crippen LogP contribution < -0.4 is 15.4 Å². The molecule has 0 fully saturated rings. The molecule has 8 nitrogen and oxygen atoms in total. The number of benzene rings is 1. The minimum Gasteiger partial charge on any atom is -0.481 e. The Morgan fingerprint density at radius 1 is 1.00 bits per heavy atom. The molecule has 3 aromatic heterocycles. The Kier molecular flexibility index (Phi) is 4.90. The van der Waals surface area contributed by atoms with Crippen molar-refractivity contribution in [1.29, 1.82) is 0 Å². The Morgan fingerprint density at radius 2 is 1.86 bits per heavy atom. The number of methoxy groups -OCH3 is 1. The summed E-state index contributed by atoms with van der Waals surface area (Å²) in [6, 6.07) is 13.2. The number of ether oxygens (including phenoxy) is 1. The molecule has 0 unspecified atom stereocenters. The highest BCUT2D eigenvalue weighted by molar-refractivity contribution is 6.16. The molecule has 0 aliphatic rings. The first-order valence-corrected chi connectivity index (χ1v) is 8.79. The third-order valence-corrected chi connectivity index (χ3v) is 4.28. The normalized spacial score (nSPS) is 10.5. The molecule has 0 radical (unpaired) electrons. The number of rotatable bonds is 5. The van der Waals surface area contributed by atoms with Gasteiger partial charge in [-0.3, -0.25) is 4.79 Å². The topological polar surface area (TPSA) is 109 Å². The lowest BCUT2D eigenvalue weighted by Gasteiger charge is -2.09.